The average molecular weight is 809 g/mol. The van der Waals surface area contributed by atoms with Crippen LogP contribution in [0.1, 0.15) is 107 Å². The second-order valence-electron chi connectivity index (χ2n) is 17.0. The summed E-state index contributed by atoms with van der Waals surface area (Å²) in [5.41, 5.74) is 9.73. The summed E-state index contributed by atoms with van der Waals surface area (Å²) >= 11 is 6.53. The summed E-state index contributed by atoms with van der Waals surface area (Å²) in [6.07, 6.45) is 10.5. The first-order chi connectivity index (χ1) is 28.7. The highest BCUT2D eigenvalue weighted by atomic mass is 35.5. The molecule has 59 heavy (non-hydrogen) atoms. The molecule has 1 N–H and O–H groups in total. The number of hydrogen-bond acceptors (Lipinski definition) is 7. The number of likely N-dealkylation sites (tertiary alicyclic amines) is 1. The Bertz CT molecular complexity index is 2410. The van der Waals surface area contributed by atoms with Crippen molar-refractivity contribution in [3.8, 4) is 34.9 Å². The van der Waals surface area contributed by atoms with E-state index in [9.17, 15) is 19.6 Å². The van der Waals surface area contributed by atoms with Gasteiger partial charge in [-0.25, -0.2) is 0 Å². The van der Waals surface area contributed by atoms with Crippen LogP contribution >= 0.6 is 11.6 Å². The quantitative estimate of drug-likeness (QED) is 0.146. The van der Waals surface area contributed by atoms with Gasteiger partial charge in [-0.1, -0.05) is 47.7 Å². The SMILES string of the molecule is Cc1c(-c2nn(Cc3ccc(C#CC4CCC(CN5CCC(Oc6ccc7c(c6)C(=O)N(C6CCC(=O)NC6=O)C7)CC5)CC4)cc3)c3c2CCC3)ccc(C#N)c1Cl. The van der Waals surface area contributed by atoms with Crippen molar-refractivity contribution in [2.75, 3.05) is 19.6 Å². The summed E-state index contributed by atoms with van der Waals surface area (Å²) in [4.78, 5) is 41.4. The zero-order valence-corrected chi connectivity index (χ0v) is 34.3. The summed E-state index contributed by atoms with van der Waals surface area (Å²) in [5, 5.41) is 17.4. The third-order valence-corrected chi connectivity index (χ3v) is 13.7. The number of carbonyl (C=O) groups is 3. The van der Waals surface area contributed by atoms with Crippen molar-refractivity contribution in [1.82, 2.24) is 24.9 Å². The molecule has 302 valence electrons. The van der Waals surface area contributed by atoms with Gasteiger partial charge < -0.3 is 14.5 Å². The number of amides is 3. The van der Waals surface area contributed by atoms with Crippen molar-refractivity contribution in [3.63, 3.8) is 0 Å². The number of benzene rings is 3. The van der Waals surface area contributed by atoms with Gasteiger partial charge in [0.2, 0.25) is 11.8 Å². The van der Waals surface area contributed by atoms with E-state index in [1.165, 1.54) is 29.7 Å². The van der Waals surface area contributed by atoms with Crippen molar-refractivity contribution >= 4 is 29.3 Å². The van der Waals surface area contributed by atoms with Crippen molar-refractivity contribution in [2.45, 2.75) is 103 Å². The number of carbonyl (C=O) groups excluding carboxylic acids is 3. The molecule has 0 bridgehead atoms. The number of imide groups is 1. The van der Waals surface area contributed by atoms with Crippen LogP contribution in [-0.4, -0.2) is 69.1 Å². The first kappa shape index (κ1) is 39.1. The highest BCUT2D eigenvalue weighted by Crippen LogP contribution is 2.37. The maximum atomic E-state index is 13.3. The Morgan fingerprint density at radius 1 is 0.915 bits per heavy atom. The molecule has 1 saturated carbocycles. The normalized spacial score (nSPS) is 22.0. The van der Waals surface area contributed by atoms with Gasteiger partial charge in [0.25, 0.3) is 5.91 Å². The van der Waals surface area contributed by atoms with Crippen LogP contribution < -0.4 is 10.1 Å². The van der Waals surface area contributed by atoms with Crippen molar-refractivity contribution in [3.05, 3.63) is 104 Å². The second kappa shape index (κ2) is 16.7. The number of nitriles is 1. The molecule has 3 aromatic carbocycles. The zero-order chi connectivity index (χ0) is 40.6. The maximum Gasteiger partial charge on any atom is 0.255 e. The molecule has 2 aliphatic carbocycles. The number of hydrogen-bond donors (Lipinski definition) is 1. The molecule has 4 aromatic rings. The minimum absolute atomic E-state index is 0.107. The van der Waals surface area contributed by atoms with E-state index in [1.54, 1.807) is 11.0 Å². The first-order valence-corrected chi connectivity index (χ1v) is 21.6. The number of aromatic nitrogens is 2. The van der Waals surface area contributed by atoms with Gasteiger partial charge >= 0.3 is 0 Å². The number of nitrogens with one attached hydrogen (secondary N) is 1. The fraction of sp³-hybridized carbons (Fsp3) is 0.438. The van der Waals surface area contributed by atoms with Gasteiger partial charge in [-0.05, 0) is 124 Å². The molecule has 3 fully saturated rings. The van der Waals surface area contributed by atoms with E-state index in [-0.39, 0.29) is 24.3 Å². The highest BCUT2D eigenvalue weighted by molar-refractivity contribution is 6.32. The third-order valence-electron chi connectivity index (χ3n) is 13.2. The van der Waals surface area contributed by atoms with E-state index < -0.39 is 11.9 Å². The smallest absolute Gasteiger partial charge is 0.255 e. The van der Waals surface area contributed by atoms with Crippen LogP contribution in [0.25, 0.3) is 11.3 Å². The van der Waals surface area contributed by atoms with Gasteiger partial charge in [0, 0.05) is 66.5 Å². The third kappa shape index (κ3) is 8.14. The van der Waals surface area contributed by atoms with Crippen molar-refractivity contribution in [1.29, 1.82) is 5.26 Å². The average Bonchev–Trinajstić information content (AvgIpc) is 3.95. The van der Waals surface area contributed by atoms with E-state index in [0.717, 1.165) is 92.5 Å². The fourth-order valence-electron chi connectivity index (χ4n) is 9.80. The van der Waals surface area contributed by atoms with Crippen LogP contribution in [0.2, 0.25) is 5.02 Å². The van der Waals surface area contributed by atoms with Crippen molar-refractivity contribution in [2.24, 2.45) is 11.8 Å². The lowest BCUT2D eigenvalue weighted by Gasteiger charge is -2.36. The molecule has 3 aliphatic heterocycles. The molecular formula is C48H49ClN6O4. The van der Waals surface area contributed by atoms with E-state index in [0.29, 0.717) is 53.2 Å². The Morgan fingerprint density at radius 3 is 2.47 bits per heavy atom. The van der Waals surface area contributed by atoms with E-state index in [1.807, 2.05) is 31.2 Å². The molecule has 5 aliphatic rings. The van der Waals surface area contributed by atoms with Gasteiger partial charge in [0.1, 0.15) is 24.0 Å². The van der Waals surface area contributed by atoms with Gasteiger partial charge in [0.15, 0.2) is 0 Å². The molecule has 9 rings (SSSR count). The highest BCUT2D eigenvalue weighted by Gasteiger charge is 2.39. The molecule has 0 spiro atoms. The molecule has 2 saturated heterocycles. The molecule has 11 heteroatoms. The first-order valence-electron chi connectivity index (χ1n) is 21.3. The number of ether oxygens (including phenoxy) is 1. The van der Waals surface area contributed by atoms with Crippen LogP contribution in [0.4, 0.5) is 0 Å². The Kier molecular flexibility index (Phi) is 11.0. The Morgan fingerprint density at radius 2 is 1.71 bits per heavy atom. The van der Waals surface area contributed by atoms with Crippen LogP contribution in [0.3, 0.4) is 0 Å². The molecule has 1 unspecified atom stereocenters. The largest absolute Gasteiger partial charge is 0.490 e. The van der Waals surface area contributed by atoms with Crippen LogP contribution in [0, 0.1) is 41.9 Å². The Hall–Kier alpha value is -5.42. The molecule has 4 heterocycles. The molecule has 1 atom stereocenters. The molecule has 0 radical (unpaired) electrons. The summed E-state index contributed by atoms with van der Waals surface area (Å²) in [7, 11) is 0. The lowest BCUT2D eigenvalue weighted by atomic mass is 9.81. The number of piperidine rings is 2. The minimum Gasteiger partial charge on any atom is -0.490 e. The molecule has 3 amide bonds. The van der Waals surface area contributed by atoms with E-state index >= 15 is 0 Å². The summed E-state index contributed by atoms with van der Waals surface area (Å²) in [6.45, 7) is 6.18. The Balaban J connectivity index is 0.722. The predicted octanol–water partition coefficient (Wildman–Crippen LogP) is 7.38. The summed E-state index contributed by atoms with van der Waals surface area (Å²) < 4.78 is 8.54. The minimum atomic E-state index is -0.613. The predicted molar refractivity (Wildman–Crippen MR) is 225 cm³/mol. The van der Waals surface area contributed by atoms with Gasteiger partial charge in [-0.2, -0.15) is 10.4 Å². The van der Waals surface area contributed by atoms with Gasteiger partial charge in [-0.3, -0.25) is 24.4 Å². The number of rotatable bonds is 8. The second-order valence-corrected chi connectivity index (χ2v) is 17.4. The van der Waals surface area contributed by atoms with E-state index in [4.69, 9.17) is 21.4 Å². The van der Waals surface area contributed by atoms with E-state index in [2.05, 4.69) is 57.1 Å². The van der Waals surface area contributed by atoms with Crippen LogP contribution in [0.15, 0.2) is 54.6 Å². The lowest BCUT2D eigenvalue weighted by Crippen LogP contribution is -2.52. The number of halogens is 1. The Labute approximate surface area is 350 Å². The van der Waals surface area contributed by atoms with Crippen molar-refractivity contribution < 1.29 is 19.1 Å². The molecule has 10 nitrogen and oxygen atoms in total. The molecule has 1 aromatic heterocycles. The van der Waals surface area contributed by atoms with Crippen LogP contribution in [0.5, 0.6) is 5.75 Å². The zero-order valence-electron chi connectivity index (χ0n) is 33.6. The topological polar surface area (TPSA) is 121 Å². The monoisotopic (exact) mass is 808 g/mol. The van der Waals surface area contributed by atoms with Gasteiger partial charge in [-0.15, -0.1) is 0 Å². The fourth-order valence-corrected chi connectivity index (χ4v) is 10.0. The summed E-state index contributed by atoms with van der Waals surface area (Å²) in [5.74, 6) is 8.04. The number of nitrogens with zero attached hydrogens (tertiary/aromatic N) is 5. The maximum absolute atomic E-state index is 13.3. The lowest BCUT2D eigenvalue weighted by molar-refractivity contribution is -0.136. The summed E-state index contributed by atoms with van der Waals surface area (Å²) in [6, 6.07) is 19.7. The standard InChI is InChI=1S/C48H49ClN6O4/c1-30-39(18-16-35(26-50)45(30)49)46-40-3-2-4-42(40)55(52-46)28-34-13-9-32(10-14-34)6-5-31-7-11-33(12-8-31)27-53-23-21-37(22-24-53)59-38-17-15-36-29-54(48(58)41(36)25-38)43-19-20-44(56)51-47(43)57/h9-10,13-18,25,31,33,37,43H,2-4,7-8,11-12,19-24,27-29H2,1H3,(H,51,56,57). The van der Waals surface area contributed by atoms with Crippen LogP contribution in [-0.2, 0) is 35.5 Å². The van der Waals surface area contributed by atoms with Gasteiger partial charge in [0.05, 0.1) is 22.8 Å². The number of fused-ring (bicyclic) bond motifs is 2. The molecular weight excluding hydrogens is 760 g/mol.